The molecule has 0 fully saturated rings. The van der Waals surface area contributed by atoms with Crippen LogP contribution in [-0.4, -0.2) is 16.7 Å². The van der Waals surface area contributed by atoms with Crippen LogP contribution < -0.4 is 11.5 Å². The van der Waals surface area contributed by atoms with E-state index < -0.39 is 11.6 Å². The molecule has 10 heavy (non-hydrogen) atoms. The minimum Gasteiger partial charge on any atom is -0.478 e. The molecule has 0 heterocycles. The molecule has 0 aromatic carbocycles. The summed E-state index contributed by atoms with van der Waals surface area (Å²) in [6.45, 7) is 2.97. The van der Waals surface area contributed by atoms with Crippen molar-refractivity contribution < 1.29 is 9.90 Å². The van der Waals surface area contributed by atoms with Crippen LogP contribution in [0.5, 0.6) is 0 Å². The molecule has 0 spiro atoms. The van der Waals surface area contributed by atoms with E-state index >= 15 is 0 Å². The normalized spacial score (nSPS) is 13.4. The van der Waals surface area contributed by atoms with Crippen LogP contribution in [0.25, 0.3) is 0 Å². The Balaban J connectivity index is 4.32. The molecule has 0 aromatic rings. The maximum Gasteiger partial charge on any atom is 0.331 e. The summed E-state index contributed by atoms with van der Waals surface area (Å²) < 4.78 is 0. The first kappa shape index (κ1) is 9.13. The molecular weight excluding hydrogens is 132 g/mol. The second-order valence-corrected chi connectivity index (χ2v) is 2.50. The number of carboxylic acid groups (broad SMARTS) is 1. The molecule has 0 atom stereocenters. The molecule has 58 valence electrons. The Morgan fingerprint density at radius 1 is 1.60 bits per heavy atom. The maximum absolute atomic E-state index is 10.2. The highest BCUT2D eigenvalue weighted by Gasteiger charge is 2.09. The molecule has 0 aliphatic heterocycles. The lowest BCUT2D eigenvalue weighted by Gasteiger charge is -2.12. The van der Waals surface area contributed by atoms with E-state index in [9.17, 15) is 4.79 Å². The zero-order valence-corrected chi connectivity index (χ0v) is 6.09. The molecule has 0 saturated heterocycles. The number of carbonyl (C=O) groups is 1. The Bertz CT molecular complexity index is 167. The van der Waals surface area contributed by atoms with Crippen molar-refractivity contribution in [1.82, 2.24) is 0 Å². The van der Waals surface area contributed by atoms with Gasteiger partial charge in [0, 0.05) is 5.57 Å². The zero-order chi connectivity index (χ0) is 8.36. The second kappa shape index (κ2) is 2.81. The molecule has 0 aliphatic carbocycles. The summed E-state index contributed by atoms with van der Waals surface area (Å²) in [6, 6.07) is 0. The fraction of sp³-hybridized carbons (Fsp3) is 0.500. The van der Waals surface area contributed by atoms with E-state index in [2.05, 4.69) is 0 Å². The summed E-state index contributed by atoms with van der Waals surface area (Å²) in [4.78, 5) is 10.2. The highest BCUT2D eigenvalue weighted by Crippen LogP contribution is 1.98. The molecule has 4 heteroatoms. The number of hydrogen-bond donors (Lipinski definition) is 3. The third-order valence-corrected chi connectivity index (χ3v) is 0.865. The van der Waals surface area contributed by atoms with E-state index in [4.69, 9.17) is 16.6 Å². The third-order valence-electron chi connectivity index (χ3n) is 0.865. The molecule has 0 unspecified atom stereocenters. The highest BCUT2D eigenvalue weighted by molar-refractivity contribution is 5.85. The molecule has 0 aliphatic rings. The van der Waals surface area contributed by atoms with Crippen molar-refractivity contribution in [3.05, 3.63) is 11.6 Å². The van der Waals surface area contributed by atoms with Gasteiger partial charge >= 0.3 is 5.97 Å². The molecular formula is C6H12N2O2. The van der Waals surface area contributed by atoms with E-state index in [1.54, 1.807) is 0 Å². The van der Waals surface area contributed by atoms with Gasteiger partial charge in [0.1, 0.15) is 0 Å². The van der Waals surface area contributed by atoms with Crippen molar-refractivity contribution in [3.63, 3.8) is 0 Å². The van der Waals surface area contributed by atoms with Crippen LogP contribution in [0.2, 0.25) is 0 Å². The van der Waals surface area contributed by atoms with Gasteiger partial charge in [0.05, 0.1) is 5.66 Å². The van der Waals surface area contributed by atoms with Gasteiger partial charge in [0.2, 0.25) is 0 Å². The minimum atomic E-state index is -1.04. The SMILES string of the molecule is CC(=CC(C)(N)N)C(=O)O. The van der Waals surface area contributed by atoms with Crippen LogP contribution >= 0.6 is 0 Å². The van der Waals surface area contributed by atoms with Crippen LogP contribution in [-0.2, 0) is 4.79 Å². The van der Waals surface area contributed by atoms with Crippen molar-refractivity contribution in [1.29, 1.82) is 0 Å². The first-order valence-electron chi connectivity index (χ1n) is 2.83. The van der Waals surface area contributed by atoms with Crippen LogP contribution in [0.15, 0.2) is 11.6 Å². The molecule has 0 aromatic heterocycles. The number of hydrogen-bond acceptors (Lipinski definition) is 3. The van der Waals surface area contributed by atoms with E-state index in [0.717, 1.165) is 0 Å². The van der Waals surface area contributed by atoms with Crippen molar-refractivity contribution >= 4 is 5.97 Å². The van der Waals surface area contributed by atoms with Crippen molar-refractivity contribution in [2.24, 2.45) is 11.5 Å². The van der Waals surface area contributed by atoms with E-state index in [0.29, 0.717) is 0 Å². The van der Waals surface area contributed by atoms with Gasteiger partial charge in [-0.25, -0.2) is 4.79 Å². The van der Waals surface area contributed by atoms with Crippen LogP contribution in [0.3, 0.4) is 0 Å². The van der Waals surface area contributed by atoms with Crippen molar-refractivity contribution in [2.45, 2.75) is 19.5 Å². The predicted octanol–water partition coefficient (Wildman–Crippen LogP) is -0.349. The molecule has 0 bridgehead atoms. The van der Waals surface area contributed by atoms with Gasteiger partial charge < -0.3 is 16.6 Å². The molecule has 4 nitrogen and oxygen atoms in total. The maximum atomic E-state index is 10.2. The Morgan fingerprint density at radius 2 is 2.00 bits per heavy atom. The van der Waals surface area contributed by atoms with E-state index in [-0.39, 0.29) is 5.57 Å². The quantitative estimate of drug-likeness (QED) is 0.365. The largest absolute Gasteiger partial charge is 0.478 e. The van der Waals surface area contributed by atoms with Gasteiger partial charge in [-0.3, -0.25) is 0 Å². The number of nitrogens with two attached hydrogens (primary N) is 2. The topological polar surface area (TPSA) is 89.3 Å². The first-order valence-corrected chi connectivity index (χ1v) is 2.83. The predicted molar refractivity (Wildman–Crippen MR) is 38.2 cm³/mol. The van der Waals surface area contributed by atoms with Gasteiger partial charge in [-0.15, -0.1) is 0 Å². The van der Waals surface area contributed by atoms with Crippen LogP contribution in [0, 0.1) is 0 Å². The lowest BCUT2D eigenvalue weighted by atomic mass is 10.1. The number of carboxylic acids is 1. The Kier molecular flexibility index (Phi) is 2.56. The average molecular weight is 144 g/mol. The number of rotatable bonds is 2. The van der Waals surface area contributed by atoms with Gasteiger partial charge in [-0.2, -0.15) is 0 Å². The van der Waals surface area contributed by atoms with Gasteiger partial charge in [0.15, 0.2) is 0 Å². The molecule has 0 saturated carbocycles. The van der Waals surface area contributed by atoms with Gasteiger partial charge in [0.25, 0.3) is 0 Å². The van der Waals surface area contributed by atoms with Crippen molar-refractivity contribution in [2.75, 3.05) is 0 Å². The summed E-state index contributed by atoms with van der Waals surface area (Å²) in [5, 5.41) is 8.37. The third kappa shape index (κ3) is 4.05. The Morgan fingerprint density at radius 3 is 2.10 bits per heavy atom. The standard InChI is InChI=1S/C6H12N2O2/c1-4(5(9)10)3-6(2,7)8/h3H,7-8H2,1-2H3,(H,9,10). The first-order chi connectivity index (χ1) is 4.33. The summed E-state index contributed by atoms with van der Waals surface area (Å²) >= 11 is 0. The number of aliphatic carboxylic acids is 1. The summed E-state index contributed by atoms with van der Waals surface area (Å²) in [5.41, 5.74) is 9.74. The fourth-order valence-corrected chi connectivity index (χ4v) is 0.528. The Hall–Kier alpha value is -0.870. The monoisotopic (exact) mass is 144 g/mol. The average Bonchev–Trinajstić information content (AvgIpc) is 1.60. The summed E-state index contributed by atoms with van der Waals surface area (Å²) in [7, 11) is 0. The molecule has 0 amide bonds. The smallest absolute Gasteiger partial charge is 0.331 e. The van der Waals surface area contributed by atoms with Crippen LogP contribution in [0.4, 0.5) is 0 Å². The zero-order valence-electron chi connectivity index (χ0n) is 6.09. The van der Waals surface area contributed by atoms with Gasteiger partial charge in [-0.05, 0) is 19.9 Å². The summed E-state index contributed by atoms with van der Waals surface area (Å²) in [5.74, 6) is -0.998. The van der Waals surface area contributed by atoms with Crippen LogP contribution in [0.1, 0.15) is 13.8 Å². The lowest BCUT2D eigenvalue weighted by molar-refractivity contribution is -0.132. The minimum absolute atomic E-state index is 0.160. The molecule has 0 radical (unpaired) electrons. The fourth-order valence-electron chi connectivity index (χ4n) is 0.528. The Labute approximate surface area is 59.5 Å². The second-order valence-electron chi connectivity index (χ2n) is 2.50. The highest BCUT2D eigenvalue weighted by atomic mass is 16.4. The van der Waals surface area contributed by atoms with E-state index in [1.165, 1.54) is 19.9 Å². The molecule has 5 N–H and O–H groups in total. The van der Waals surface area contributed by atoms with E-state index in [1.807, 2.05) is 0 Å². The summed E-state index contributed by atoms with van der Waals surface area (Å²) in [6.07, 6.45) is 1.30. The lowest BCUT2D eigenvalue weighted by Crippen LogP contribution is -2.44. The molecule has 0 rings (SSSR count). The van der Waals surface area contributed by atoms with Gasteiger partial charge in [-0.1, -0.05) is 0 Å². The van der Waals surface area contributed by atoms with Crippen molar-refractivity contribution in [3.8, 4) is 0 Å².